The average molecular weight is 335 g/mol. The van der Waals surface area contributed by atoms with Crippen molar-refractivity contribution >= 4 is 29.9 Å². The van der Waals surface area contributed by atoms with Crippen molar-refractivity contribution in [1.82, 2.24) is 10.6 Å². The molecule has 4 heteroatoms. The lowest BCUT2D eigenvalue weighted by atomic mass is 10.2. The van der Waals surface area contributed by atoms with E-state index in [1.165, 1.54) is 12.8 Å². The summed E-state index contributed by atoms with van der Waals surface area (Å²) < 4.78 is 0. The summed E-state index contributed by atoms with van der Waals surface area (Å²) in [6.07, 6.45) is 9.48. The molecule has 2 rings (SSSR count). The van der Waals surface area contributed by atoms with Crippen molar-refractivity contribution in [2.24, 2.45) is 10.9 Å². The van der Waals surface area contributed by atoms with Gasteiger partial charge >= 0.3 is 0 Å². The van der Waals surface area contributed by atoms with Gasteiger partial charge in [0.05, 0.1) is 0 Å². The van der Waals surface area contributed by atoms with Crippen LogP contribution in [0.2, 0.25) is 0 Å². The fourth-order valence-corrected chi connectivity index (χ4v) is 1.77. The minimum absolute atomic E-state index is 0. The Kier molecular flexibility index (Phi) is 6.16. The Balaban J connectivity index is 0.00000128. The van der Waals surface area contributed by atoms with Gasteiger partial charge in [-0.1, -0.05) is 12.2 Å². The van der Waals surface area contributed by atoms with Crippen LogP contribution < -0.4 is 10.6 Å². The van der Waals surface area contributed by atoms with Crippen LogP contribution in [0.1, 0.15) is 32.6 Å². The number of nitrogens with zero attached hydrogens (tertiary/aromatic N) is 1. The predicted octanol–water partition coefficient (Wildman–Crippen LogP) is 2.29. The minimum Gasteiger partial charge on any atom is -0.357 e. The molecule has 0 aromatic heterocycles. The van der Waals surface area contributed by atoms with E-state index in [2.05, 4.69) is 34.7 Å². The molecule has 0 aromatic rings. The third-order valence-electron chi connectivity index (χ3n) is 2.90. The van der Waals surface area contributed by atoms with Gasteiger partial charge in [0.1, 0.15) is 0 Å². The van der Waals surface area contributed by atoms with E-state index in [4.69, 9.17) is 0 Å². The first-order chi connectivity index (χ1) is 7.38. The first-order valence-corrected chi connectivity index (χ1v) is 6.08. The molecular weight excluding hydrogens is 313 g/mol. The molecule has 16 heavy (non-hydrogen) atoms. The number of nitrogens with one attached hydrogen (secondary N) is 2. The number of hydrogen-bond acceptors (Lipinski definition) is 1. The van der Waals surface area contributed by atoms with Gasteiger partial charge in [0, 0.05) is 19.1 Å². The second-order valence-corrected chi connectivity index (χ2v) is 4.45. The Bertz CT molecular complexity index is 251. The van der Waals surface area contributed by atoms with E-state index >= 15 is 0 Å². The molecule has 0 radical (unpaired) electrons. The first-order valence-electron chi connectivity index (χ1n) is 6.08. The summed E-state index contributed by atoms with van der Waals surface area (Å²) in [5.41, 5.74) is 0. The van der Waals surface area contributed by atoms with E-state index in [1.54, 1.807) is 0 Å². The Morgan fingerprint density at radius 2 is 2.00 bits per heavy atom. The number of hydrogen-bond donors (Lipinski definition) is 2. The average Bonchev–Trinajstić information content (AvgIpc) is 2.93. The fourth-order valence-electron chi connectivity index (χ4n) is 1.77. The van der Waals surface area contributed by atoms with Crippen LogP contribution in [0.5, 0.6) is 0 Å². The molecule has 0 aromatic carbocycles. The molecule has 3 nitrogen and oxygen atoms in total. The van der Waals surface area contributed by atoms with Gasteiger partial charge in [-0.05, 0) is 38.5 Å². The predicted molar refractivity (Wildman–Crippen MR) is 79.4 cm³/mol. The summed E-state index contributed by atoms with van der Waals surface area (Å²) in [7, 11) is 0. The lowest BCUT2D eigenvalue weighted by molar-refractivity contribution is 0.631. The summed E-state index contributed by atoms with van der Waals surface area (Å²) in [6.45, 7) is 4.05. The van der Waals surface area contributed by atoms with Crippen LogP contribution in [0, 0.1) is 5.92 Å². The molecule has 0 atom stereocenters. The molecule has 0 amide bonds. The van der Waals surface area contributed by atoms with Crippen molar-refractivity contribution in [3.05, 3.63) is 12.2 Å². The maximum absolute atomic E-state index is 4.61. The SMILES string of the molecule is CCNC(=NCC1CC1)NC1CC=CC1.I. The Morgan fingerprint density at radius 1 is 1.31 bits per heavy atom. The molecule has 2 aliphatic carbocycles. The summed E-state index contributed by atoms with van der Waals surface area (Å²) >= 11 is 0. The van der Waals surface area contributed by atoms with Crippen LogP contribution in [-0.2, 0) is 0 Å². The van der Waals surface area contributed by atoms with Gasteiger partial charge in [-0.25, -0.2) is 0 Å². The van der Waals surface area contributed by atoms with E-state index in [-0.39, 0.29) is 24.0 Å². The maximum Gasteiger partial charge on any atom is 0.191 e. The molecule has 0 aliphatic heterocycles. The Labute approximate surface area is 115 Å². The zero-order chi connectivity index (χ0) is 10.5. The molecule has 1 saturated carbocycles. The standard InChI is InChI=1S/C12H21N3.HI/c1-2-13-12(14-9-10-7-8-10)15-11-5-3-4-6-11;/h3-4,10-11H,2,5-9H2,1H3,(H2,13,14,15);1H. The minimum atomic E-state index is 0. The highest BCUT2D eigenvalue weighted by molar-refractivity contribution is 14.0. The van der Waals surface area contributed by atoms with Crippen LogP contribution in [0.4, 0.5) is 0 Å². The van der Waals surface area contributed by atoms with E-state index in [0.29, 0.717) is 6.04 Å². The number of halogens is 1. The Morgan fingerprint density at radius 3 is 2.56 bits per heavy atom. The van der Waals surface area contributed by atoms with Gasteiger partial charge in [0.25, 0.3) is 0 Å². The number of guanidine groups is 1. The molecule has 0 spiro atoms. The summed E-state index contributed by atoms with van der Waals surface area (Å²) in [5, 5.41) is 6.78. The van der Waals surface area contributed by atoms with E-state index < -0.39 is 0 Å². The lowest BCUT2D eigenvalue weighted by Gasteiger charge is -2.16. The van der Waals surface area contributed by atoms with Crippen molar-refractivity contribution in [2.45, 2.75) is 38.6 Å². The highest BCUT2D eigenvalue weighted by Gasteiger charge is 2.21. The second-order valence-electron chi connectivity index (χ2n) is 4.45. The normalized spacial score (nSPS) is 20.7. The third kappa shape index (κ3) is 4.72. The van der Waals surface area contributed by atoms with E-state index in [0.717, 1.165) is 37.8 Å². The van der Waals surface area contributed by atoms with E-state index in [9.17, 15) is 0 Å². The van der Waals surface area contributed by atoms with Crippen LogP contribution in [0.25, 0.3) is 0 Å². The Hall–Kier alpha value is -0.260. The topological polar surface area (TPSA) is 36.4 Å². The molecule has 0 unspecified atom stereocenters. The van der Waals surface area contributed by atoms with Crippen molar-refractivity contribution in [3.63, 3.8) is 0 Å². The van der Waals surface area contributed by atoms with Crippen LogP contribution in [0.3, 0.4) is 0 Å². The number of rotatable bonds is 4. The lowest BCUT2D eigenvalue weighted by Crippen LogP contribution is -2.42. The first kappa shape index (κ1) is 13.8. The fraction of sp³-hybridized carbons (Fsp3) is 0.750. The monoisotopic (exact) mass is 335 g/mol. The van der Waals surface area contributed by atoms with Gasteiger partial charge in [0.2, 0.25) is 0 Å². The molecular formula is C12H22IN3. The summed E-state index contributed by atoms with van der Waals surface area (Å²) in [4.78, 5) is 4.61. The molecule has 0 bridgehead atoms. The highest BCUT2D eigenvalue weighted by atomic mass is 127. The van der Waals surface area contributed by atoms with Gasteiger partial charge in [-0.2, -0.15) is 0 Å². The summed E-state index contributed by atoms with van der Waals surface area (Å²) in [5.74, 6) is 1.86. The zero-order valence-corrected chi connectivity index (χ0v) is 12.2. The third-order valence-corrected chi connectivity index (χ3v) is 2.90. The maximum atomic E-state index is 4.61. The molecule has 1 fully saturated rings. The zero-order valence-electron chi connectivity index (χ0n) is 9.91. The molecule has 2 aliphatic rings. The van der Waals surface area contributed by atoms with Crippen LogP contribution in [0.15, 0.2) is 17.1 Å². The molecule has 0 heterocycles. The largest absolute Gasteiger partial charge is 0.357 e. The van der Waals surface area contributed by atoms with Crippen molar-refractivity contribution in [2.75, 3.05) is 13.1 Å². The second kappa shape index (κ2) is 7.14. The van der Waals surface area contributed by atoms with Gasteiger partial charge in [-0.3, -0.25) is 4.99 Å². The van der Waals surface area contributed by atoms with Crippen molar-refractivity contribution in [3.8, 4) is 0 Å². The van der Waals surface area contributed by atoms with Crippen LogP contribution in [-0.4, -0.2) is 25.1 Å². The molecule has 0 saturated heterocycles. The highest BCUT2D eigenvalue weighted by Crippen LogP contribution is 2.28. The quantitative estimate of drug-likeness (QED) is 0.358. The van der Waals surface area contributed by atoms with Crippen LogP contribution >= 0.6 is 24.0 Å². The van der Waals surface area contributed by atoms with Crippen molar-refractivity contribution in [1.29, 1.82) is 0 Å². The smallest absolute Gasteiger partial charge is 0.191 e. The van der Waals surface area contributed by atoms with Crippen molar-refractivity contribution < 1.29 is 0 Å². The summed E-state index contributed by atoms with van der Waals surface area (Å²) in [6, 6.07) is 0.557. The van der Waals surface area contributed by atoms with Gasteiger partial charge < -0.3 is 10.6 Å². The molecule has 92 valence electrons. The van der Waals surface area contributed by atoms with E-state index in [1.807, 2.05) is 0 Å². The molecule has 2 N–H and O–H groups in total. The van der Waals surface area contributed by atoms with Gasteiger partial charge in [0.15, 0.2) is 5.96 Å². The van der Waals surface area contributed by atoms with Gasteiger partial charge in [-0.15, -0.1) is 24.0 Å². The number of aliphatic imine (C=N–C) groups is 1.